The molecule has 0 aliphatic heterocycles. The highest BCUT2D eigenvalue weighted by atomic mass is 35.5. The molecule has 4 aromatic rings. The van der Waals surface area contributed by atoms with Gasteiger partial charge in [0.05, 0.1) is 18.7 Å². The molecule has 0 saturated carbocycles. The molecule has 0 heterocycles. The number of hydrogen-bond donors (Lipinski definition) is 1. The van der Waals surface area contributed by atoms with Crippen LogP contribution in [0.3, 0.4) is 0 Å². The summed E-state index contributed by atoms with van der Waals surface area (Å²) in [7, 11) is 1.65. The largest absolute Gasteiger partial charge is 0.497 e. The van der Waals surface area contributed by atoms with Crippen molar-refractivity contribution < 1.29 is 9.13 Å². The molecule has 4 rings (SSSR count). The van der Waals surface area contributed by atoms with E-state index in [-0.39, 0.29) is 17.0 Å². The minimum absolute atomic E-state index is 0.00720. The Balaban J connectivity index is 1.66. The standard InChI is InChI=1S/C29H24ClFN2O/c1-34-24-13-10-20(11-14-24)18-33-19-26(21-6-3-2-4-7-21)22-12-15-27(30)25(16-22)29-23(17-32)8-5-9-28(29)31/h2-16,26,33H,18-19H2,1H3. The monoisotopic (exact) mass is 470 g/mol. The first-order chi connectivity index (χ1) is 16.6. The lowest BCUT2D eigenvalue weighted by molar-refractivity contribution is 0.414. The molecule has 3 nitrogen and oxygen atoms in total. The molecule has 0 aliphatic rings. The summed E-state index contributed by atoms with van der Waals surface area (Å²) < 4.78 is 20.0. The van der Waals surface area contributed by atoms with E-state index in [0.29, 0.717) is 23.7 Å². The van der Waals surface area contributed by atoms with Crippen molar-refractivity contribution in [3.8, 4) is 22.9 Å². The summed E-state index contributed by atoms with van der Waals surface area (Å²) in [5.74, 6) is 0.365. The normalized spacial score (nSPS) is 11.6. The van der Waals surface area contributed by atoms with Gasteiger partial charge in [0.1, 0.15) is 11.6 Å². The predicted molar refractivity (Wildman–Crippen MR) is 135 cm³/mol. The molecular formula is C29H24ClFN2O. The van der Waals surface area contributed by atoms with Gasteiger partial charge in [0.25, 0.3) is 0 Å². The molecule has 0 bridgehead atoms. The van der Waals surface area contributed by atoms with Crippen molar-refractivity contribution in [2.75, 3.05) is 13.7 Å². The van der Waals surface area contributed by atoms with Crippen LogP contribution in [0.1, 0.15) is 28.2 Å². The maximum absolute atomic E-state index is 14.8. The number of ether oxygens (including phenoxy) is 1. The first-order valence-electron chi connectivity index (χ1n) is 11.0. The Labute approximate surface area is 204 Å². The molecule has 0 aliphatic carbocycles. The first kappa shape index (κ1) is 23.5. The van der Waals surface area contributed by atoms with Crippen LogP contribution < -0.4 is 10.1 Å². The van der Waals surface area contributed by atoms with Crippen molar-refractivity contribution in [2.24, 2.45) is 0 Å². The molecule has 34 heavy (non-hydrogen) atoms. The van der Waals surface area contributed by atoms with Crippen molar-refractivity contribution >= 4 is 11.6 Å². The average molecular weight is 471 g/mol. The van der Waals surface area contributed by atoms with Crippen LogP contribution in [0.4, 0.5) is 4.39 Å². The van der Waals surface area contributed by atoms with Crippen LogP contribution in [-0.2, 0) is 6.54 Å². The summed E-state index contributed by atoms with van der Waals surface area (Å²) >= 11 is 6.49. The zero-order valence-electron chi connectivity index (χ0n) is 18.8. The highest BCUT2D eigenvalue weighted by molar-refractivity contribution is 6.33. The summed E-state index contributed by atoms with van der Waals surface area (Å²) in [6, 6.07) is 30.3. The lowest BCUT2D eigenvalue weighted by atomic mass is 9.88. The van der Waals surface area contributed by atoms with E-state index in [1.807, 2.05) is 54.6 Å². The van der Waals surface area contributed by atoms with Crippen LogP contribution in [0.2, 0.25) is 5.02 Å². The predicted octanol–water partition coefficient (Wildman–Crippen LogP) is 6.95. The van der Waals surface area contributed by atoms with Gasteiger partial charge in [-0.05, 0) is 53.1 Å². The van der Waals surface area contributed by atoms with Gasteiger partial charge in [-0.15, -0.1) is 0 Å². The summed E-state index contributed by atoms with van der Waals surface area (Å²) in [5, 5.41) is 13.5. The number of nitrogens with zero attached hydrogens (tertiary/aromatic N) is 1. The number of methoxy groups -OCH3 is 1. The SMILES string of the molecule is COc1ccc(CNCC(c2ccccc2)c2ccc(Cl)c(-c3c(F)cccc3C#N)c2)cc1. The minimum Gasteiger partial charge on any atom is -0.497 e. The topological polar surface area (TPSA) is 45.0 Å². The molecule has 170 valence electrons. The van der Waals surface area contributed by atoms with Crippen LogP contribution >= 0.6 is 11.6 Å². The van der Waals surface area contributed by atoms with Gasteiger partial charge >= 0.3 is 0 Å². The fourth-order valence-electron chi connectivity index (χ4n) is 4.06. The number of halogens is 2. The molecule has 0 aromatic heterocycles. The Bertz CT molecular complexity index is 1300. The van der Waals surface area contributed by atoms with E-state index >= 15 is 0 Å². The van der Waals surface area contributed by atoms with E-state index in [1.165, 1.54) is 12.1 Å². The molecule has 0 radical (unpaired) electrons. The third kappa shape index (κ3) is 5.28. The van der Waals surface area contributed by atoms with Crippen LogP contribution in [-0.4, -0.2) is 13.7 Å². The van der Waals surface area contributed by atoms with Gasteiger partial charge in [0.15, 0.2) is 0 Å². The van der Waals surface area contributed by atoms with Gasteiger partial charge in [-0.25, -0.2) is 4.39 Å². The van der Waals surface area contributed by atoms with Crippen molar-refractivity contribution in [3.05, 3.63) is 124 Å². The number of nitriles is 1. The Kier molecular flexibility index (Phi) is 7.59. The second-order valence-electron chi connectivity index (χ2n) is 7.96. The Morgan fingerprint density at radius 3 is 2.41 bits per heavy atom. The Hall–Kier alpha value is -3.65. The fourth-order valence-corrected chi connectivity index (χ4v) is 4.27. The van der Waals surface area contributed by atoms with Gasteiger partial charge < -0.3 is 10.1 Å². The summed E-state index contributed by atoms with van der Waals surface area (Å²) in [6.07, 6.45) is 0. The lowest BCUT2D eigenvalue weighted by Crippen LogP contribution is -2.22. The zero-order chi connectivity index (χ0) is 23.9. The number of rotatable bonds is 8. The number of benzene rings is 4. The van der Waals surface area contributed by atoms with E-state index in [1.54, 1.807) is 19.2 Å². The van der Waals surface area contributed by atoms with Crippen molar-refractivity contribution in [3.63, 3.8) is 0 Å². The highest BCUT2D eigenvalue weighted by Crippen LogP contribution is 2.36. The molecule has 1 unspecified atom stereocenters. The van der Waals surface area contributed by atoms with Crippen LogP contribution in [0.25, 0.3) is 11.1 Å². The minimum atomic E-state index is -0.466. The van der Waals surface area contributed by atoms with E-state index < -0.39 is 5.82 Å². The second kappa shape index (κ2) is 11.0. The molecule has 0 saturated heterocycles. The maximum atomic E-state index is 14.8. The molecule has 4 aromatic carbocycles. The quantitative estimate of drug-likeness (QED) is 0.303. The molecule has 0 spiro atoms. The first-order valence-corrected chi connectivity index (χ1v) is 11.4. The molecule has 5 heteroatoms. The van der Waals surface area contributed by atoms with Gasteiger partial charge in [0.2, 0.25) is 0 Å². The van der Waals surface area contributed by atoms with Crippen LogP contribution in [0.15, 0.2) is 91.0 Å². The molecule has 1 N–H and O–H groups in total. The second-order valence-corrected chi connectivity index (χ2v) is 8.36. The number of nitrogens with one attached hydrogen (secondary N) is 1. The van der Waals surface area contributed by atoms with Gasteiger partial charge in [-0.3, -0.25) is 0 Å². The summed E-state index contributed by atoms with van der Waals surface area (Å²) in [6.45, 7) is 1.36. The van der Waals surface area contributed by atoms with Gasteiger partial charge in [0, 0.05) is 35.2 Å². The van der Waals surface area contributed by atoms with Gasteiger partial charge in [-0.1, -0.05) is 66.2 Å². The summed E-state index contributed by atoms with van der Waals surface area (Å²) in [4.78, 5) is 0. The van der Waals surface area contributed by atoms with Gasteiger partial charge in [-0.2, -0.15) is 5.26 Å². The summed E-state index contributed by atoms with van der Waals surface area (Å²) in [5.41, 5.74) is 4.27. The number of hydrogen-bond acceptors (Lipinski definition) is 3. The Morgan fingerprint density at radius 1 is 0.941 bits per heavy atom. The van der Waals surface area contributed by atoms with Crippen LogP contribution in [0, 0.1) is 17.1 Å². The molecule has 0 fully saturated rings. The van der Waals surface area contributed by atoms with E-state index in [0.717, 1.165) is 22.4 Å². The Morgan fingerprint density at radius 2 is 1.71 bits per heavy atom. The van der Waals surface area contributed by atoms with E-state index in [4.69, 9.17) is 16.3 Å². The van der Waals surface area contributed by atoms with E-state index in [9.17, 15) is 9.65 Å². The third-order valence-electron chi connectivity index (χ3n) is 5.83. The van der Waals surface area contributed by atoms with Crippen molar-refractivity contribution in [1.82, 2.24) is 5.32 Å². The maximum Gasteiger partial charge on any atom is 0.132 e. The average Bonchev–Trinajstić information content (AvgIpc) is 2.88. The van der Waals surface area contributed by atoms with E-state index in [2.05, 4.69) is 23.5 Å². The molecule has 1 atom stereocenters. The highest BCUT2D eigenvalue weighted by Gasteiger charge is 2.19. The fraction of sp³-hybridized carbons (Fsp3) is 0.138. The molecular weight excluding hydrogens is 447 g/mol. The lowest BCUT2D eigenvalue weighted by Gasteiger charge is -2.21. The van der Waals surface area contributed by atoms with Crippen molar-refractivity contribution in [2.45, 2.75) is 12.5 Å². The molecule has 0 amide bonds. The zero-order valence-corrected chi connectivity index (χ0v) is 19.5. The van der Waals surface area contributed by atoms with Crippen LogP contribution in [0.5, 0.6) is 5.75 Å². The third-order valence-corrected chi connectivity index (χ3v) is 6.16. The smallest absolute Gasteiger partial charge is 0.132 e. The van der Waals surface area contributed by atoms with Crippen molar-refractivity contribution in [1.29, 1.82) is 5.26 Å².